The molecule has 0 radical (unpaired) electrons. The molecule has 0 atom stereocenters. The molecule has 6 nitrogen and oxygen atoms in total. The van der Waals surface area contributed by atoms with Crippen LogP contribution in [0.3, 0.4) is 0 Å². The van der Waals surface area contributed by atoms with E-state index >= 15 is 0 Å². The molecule has 80 valence electrons. The SMILES string of the molecule is Cn1cc(CNCCc2ncno2)cn1. The zero-order valence-corrected chi connectivity index (χ0v) is 8.55. The van der Waals surface area contributed by atoms with Gasteiger partial charge in [-0.3, -0.25) is 4.68 Å². The van der Waals surface area contributed by atoms with Crippen molar-refractivity contribution in [3.8, 4) is 0 Å². The fourth-order valence-electron chi connectivity index (χ4n) is 1.30. The molecule has 0 saturated heterocycles. The van der Waals surface area contributed by atoms with Crippen LogP contribution in [0, 0.1) is 0 Å². The van der Waals surface area contributed by atoms with Crippen LogP contribution in [-0.4, -0.2) is 26.5 Å². The molecular weight excluding hydrogens is 194 g/mol. The average molecular weight is 207 g/mol. The maximum absolute atomic E-state index is 4.87. The summed E-state index contributed by atoms with van der Waals surface area (Å²) in [4.78, 5) is 3.93. The van der Waals surface area contributed by atoms with Crippen molar-refractivity contribution in [3.05, 3.63) is 30.2 Å². The average Bonchev–Trinajstić information content (AvgIpc) is 2.84. The molecular formula is C9H13N5O. The Morgan fingerprint density at radius 1 is 1.53 bits per heavy atom. The second kappa shape index (κ2) is 4.70. The molecule has 1 N–H and O–H groups in total. The van der Waals surface area contributed by atoms with E-state index in [2.05, 4.69) is 20.6 Å². The van der Waals surface area contributed by atoms with E-state index < -0.39 is 0 Å². The van der Waals surface area contributed by atoms with Gasteiger partial charge in [-0.05, 0) is 0 Å². The highest BCUT2D eigenvalue weighted by molar-refractivity contribution is 5.02. The van der Waals surface area contributed by atoms with E-state index in [-0.39, 0.29) is 0 Å². The van der Waals surface area contributed by atoms with Gasteiger partial charge in [-0.2, -0.15) is 10.1 Å². The van der Waals surface area contributed by atoms with Crippen molar-refractivity contribution >= 4 is 0 Å². The molecule has 0 amide bonds. The molecule has 0 unspecified atom stereocenters. The molecule has 0 aliphatic rings. The van der Waals surface area contributed by atoms with Gasteiger partial charge >= 0.3 is 0 Å². The summed E-state index contributed by atoms with van der Waals surface area (Å²) in [6.07, 6.45) is 6.00. The number of rotatable bonds is 5. The number of hydrogen-bond acceptors (Lipinski definition) is 5. The lowest BCUT2D eigenvalue weighted by molar-refractivity contribution is 0.375. The van der Waals surface area contributed by atoms with Gasteiger partial charge in [0.15, 0.2) is 6.33 Å². The largest absolute Gasteiger partial charge is 0.340 e. The summed E-state index contributed by atoms with van der Waals surface area (Å²) in [7, 11) is 1.90. The van der Waals surface area contributed by atoms with Crippen LogP contribution in [0.1, 0.15) is 11.5 Å². The highest BCUT2D eigenvalue weighted by Gasteiger charge is 1.99. The lowest BCUT2D eigenvalue weighted by Crippen LogP contribution is -2.16. The molecule has 2 aromatic heterocycles. The van der Waals surface area contributed by atoms with Crippen LogP contribution < -0.4 is 5.32 Å². The number of hydrogen-bond donors (Lipinski definition) is 1. The number of aromatic nitrogens is 4. The Labute approximate surface area is 87.3 Å². The van der Waals surface area contributed by atoms with Gasteiger partial charge in [0.1, 0.15) is 0 Å². The van der Waals surface area contributed by atoms with E-state index in [0.29, 0.717) is 5.89 Å². The number of nitrogens with one attached hydrogen (secondary N) is 1. The standard InChI is InChI=1S/C9H13N5O/c1-14-6-8(5-12-14)4-10-3-2-9-11-7-13-15-9/h5-7,10H,2-4H2,1H3. The first-order valence-corrected chi connectivity index (χ1v) is 4.78. The van der Waals surface area contributed by atoms with Crippen molar-refractivity contribution in [3.63, 3.8) is 0 Å². The van der Waals surface area contributed by atoms with Crippen LogP contribution >= 0.6 is 0 Å². The molecule has 15 heavy (non-hydrogen) atoms. The molecule has 0 aliphatic carbocycles. The molecule has 0 aromatic carbocycles. The van der Waals surface area contributed by atoms with Crippen molar-refractivity contribution < 1.29 is 4.52 Å². The highest BCUT2D eigenvalue weighted by Crippen LogP contribution is 1.95. The van der Waals surface area contributed by atoms with Gasteiger partial charge < -0.3 is 9.84 Å². The monoisotopic (exact) mass is 207 g/mol. The van der Waals surface area contributed by atoms with Crippen LogP contribution in [0.4, 0.5) is 0 Å². The van der Waals surface area contributed by atoms with E-state index in [1.165, 1.54) is 11.9 Å². The molecule has 2 heterocycles. The van der Waals surface area contributed by atoms with E-state index in [1.807, 2.05) is 19.4 Å². The van der Waals surface area contributed by atoms with Crippen molar-refractivity contribution in [1.82, 2.24) is 25.2 Å². The zero-order valence-electron chi connectivity index (χ0n) is 8.55. The zero-order chi connectivity index (χ0) is 10.5. The molecule has 6 heteroatoms. The topological polar surface area (TPSA) is 68.8 Å². The van der Waals surface area contributed by atoms with E-state index in [1.54, 1.807) is 4.68 Å². The second-order valence-corrected chi connectivity index (χ2v) is 3.28. The molecule has 0 bridgehead atoms. The van der Waals surface area contributed by atoms with Crippen molar-refractivity contribution in [2.75, 3.05) is 6.54 Å². The van der Waals surface area contributed by atoms with Crippen LogP contribution in [0.5, 0.6) is 0 Å². The van der Waals surface area contributed by atoms with Crippen molar-refractivity contribution in [2.24, 2.45) is 7.05 Å². The summed E-state index contributed by atoms with van der Waals surface area (Å²) in [5, 5.41) is 10.9. The van der Waals surface area contributed by atoms with Gasteiger partial charge in [0.05, 0.1) is 6.20 Å². The Hall–Kier alpha value is -1.69. The van der Waals surface area contributed by atoms with Crippen LogP contribution in [0.2, 0.25) is 0 Å². The Balaban J connectivity index is 1.67. The van der Waals surface area contributed by atoms with Crippen molar-refractivity contribution in [1.29, 1.82) is 0 Å². The van der Waals surface area contributed by atoms with Gasteiger partial charge in [-0.1, -0.05) is 5.16 Å². The Morgan fingerprint density at radius 3 is 3.13 bits per heavy atom. The summed E-state index contributed by atoms with van der Waals surface area (Å²) in [6.45, 7) is 1.62. The first-order valence-electron chi connectivity index (χ1n) is 4.78. The van der Waals surface area contributed by atoms with Gasteiger partial charge in [0.25, 0.3) is 0 Å². The molecule has 2 aromatic rings. The Bertz CT molecular complexity index is 394. The van der Waals surface area contributed by atoms with E-state index in [0.717, 1.165) is 19.5 Å². The molecule has 0 fully saturated rings. The third kappa shape index (κ3) is 2.88. The van der Waals surface area contributed by atoms with E-state index in [9.17, 15) is 0 Å². The molecule has 0 saturated carbocycles. The highest BCUT2D eigenvalue weighted by atomic mass is 16.5. The van der Waals surface area contributed by atoms with Gasteiger partial charge in [0.2, 0.25) is 5.89 Å². The first kappa shape index (κ1) is 9.85. The molecule has 2 rings (SSSR count). The Kier molecular flexibility index (Phi) is 3.08. The third-order valence-electron chi connectivity index (χ3n) is 2.01. The van der Waals surface area contributed by atoms with Crippen molar-refractivity contribution in [2.45, 2.75) is 13.0 Å². The van der Waals surface area contributed by atoms with Gasteiger partial charge in [0, 0.05) is 38.3 Å². The summed E-state index contributed by atoms with van der Waals surface area (Å²) < 4.78 is 6.66. The lowest BCUT2D eigenvalue weighted by atomic mass is 10.3. The third-order valence-corrected chi connectivity index (χ3v) is 2.01. The summed E-state index contributed by atoms with van der Waals surface area (Å²) in [5.41, 5.74) is 1.17. The minimum absolute atomic E-state index is 0.661. The normalized spacial score (nSPS) is 10.7. The van der Waals surface area contributed by atoms with Crippen LogP contribution in [0.25, 0.3) is 0 Å². The van der Waals surface area contributed by atoms with Crippen LogP contribution in [-0.2, 0) is 20.0 Å². The summed E-state index contributed by atoms with van der Waals surface area (Å²) in [5.74, 6) is 0.661. The fourth-order valence-corrected chi connectivity index (χ4v) is 1.30. The maximum Gasteiger partial charge on any atom is 0.227 e. The number of nitrogens with zero attached hydrogens (tertiary/aromatic N) is 4. The van der Waals surface area contributed by atoms with E-state index in [4.69, 9.17) is 4.52 Å². The Morgan fingerprint density at radius 2 is 2.47 bits per heavy atom. The van der Waals surface area contributed by atoms with Gasteiger partial charge in [-0.15, -0.1) is 0 Å². The second-order valence-electron chi connectivity index (χ2n) is 3.28. The summed E-state index contributed by atoms with van der Waals surface area (Å²) >= 11 is 0. The quantitative estimate of drug-likeness (QED) is 0.706. The smallest absolute Gasteiger partial charge is 0.227 e. The molecule has 0 spiro atoms. The minimum Gasteiger partial charge on any atom is -0.340 e. The van der Waals surface area contributed by atoms with Gasteiger partial charge in [-0.25, -0.2) is 0 Å². The van der Waals surface area contributed by atoms with Crippen LogP contribution in [0.15, 0.2) is 23.2 Å². The number of aryl methyl sites for hydroxylation is 1. The maximum atomic E-state index is 4.87. The first-order chi connectivity index (χ1) is 7.34. The fraction of sp³-hybridized carbons (Fsp3) is 0.444. The molecule has 0 aliphatic heterocycles. The predicted molar refractivity (Wildman–Crippen MR) is 52.9 cm³/mol. The minimum atomic E-state index is 0.661. The summed E-state index contributed by atoms with van der Waals surface area (Å²) in [6, 6.07) is 0. The predicted octanol–water partition coefficient (Wildman–Crippen LogP) is 0.135. The lowest BCUT2D eigenvalue weighted by Gasteiger charge is -1.99.